The summed E-state index contributed by atoms with van der Waals surface area (Å²) < 4.78 is 4.62. The molecule has 18 heavy (non-hydrogen) atoms. The molecule has 6 nitrogen and oxygen atoms in total. The summed E-state index contributed by atoms with van der Waals surface area (Å²) in [6.45, 7) is 2.20. The summed E-state index contributed by atoms with van der Waals surface area (Å²) in [5.74, 6) is -0.792. The fraction of sp³-hybridized carbons (Fsp3) is 0.583. The summed E-state index contributed by atoms with van der Waals surface area (Å²) in [6.07, 6.45) is 2.41. The summed E-state index contributed by atoms with van der Waals surface area (Å²) in [6, 6.07) is -0.491. The molecule has 0 aliphatic carbocycles. The van der Waals surface area contributed by atoms with E-state index in [1.54, 1.807) is 6.08 Å². The van der Waals surface area contributed by atoms with Crippen molar-refractivity contribution in [3.63, 3.8) is 0 Å². The van der Waals surface area contributed by atoms with E-state index in [4.69, 9.17) is 0 Å². The van der Waals surface area contributed by atoms with Crippen LogP contribution in [0.4, 0.5) is 0 Å². The zero-order chi connectivity index (χ0) is 13.7. The highest BCUT2D eigenvalue weighted by Gasteiger charge is 2.35. The second kappa shape index (κ2) is 6.30. The van der Waals surface area contributed by atoms with Crippen LogP contribution in [-0.2, 0) is 19.1 Å². The Morgan fingerprint density at radius 1 is 1.56 bits per heavy atom. The van der Waals surface area contributed by atoms with Crippen molar-refractivity contribution in [2.45, 2.75) is 25.8 Å². The summed E-state index contributed by atoms with van der Waals surface area (Å²) in [5, 5.41) is 2.94. The lowest BCUT2D eigenvalue weighted by Crippen LogP contribution is -2.37. The number of likely N-dealkylation sites (tertiary alicyclic amines) is 1. The SMILES string of the molecule is CCC(=CCNC1CC(=O)N(C)C1=O)C(=O)OC. The lowest BCUT2D eigenvalue weighted by atomic mass is 10.2. The van der Waals surface area contributed by atoms with E-state index in [0.29, 0.717) is 18.5 Å². The van der Waals surface area contributed by atoms with Crippen LogP contribution < -0.4 is 5.32 Å². The Hall–Kier alpha value is -1.69. The zero-order valence-corrected chi connectivity index (χ0v) is 10.9. The van der Waals surface area contributed by atoms with Gasteiger partial charge in [0.2, 0.25) is 11.8 Å². The molecule has 0 aromatic rings. The van der Waals surface area contributed by atoms with Gasteiger partial charge < -0.3 is 10.1 Å². The number of imide groups is 1. The minimum absolute atomic E-state index is 0.169. The van der Waals surface area contributed by atoms with Crippen LogP contribution in [0.5, 0.6) is 0 Å². The maximum atomic E-state index is 11.6. The first-order valence-electron chi connectivity index (χ1n) is 5.82. The molecule has 0 aromatic carbocycles. The molecular weight excluding hydrogens is 236 g/mol. The van der Waals surface area contributed by atoms with Crippen molar-refractivity contribution < 1.29 is 19.1 Å². The van der Waals surface area contributed by atoms with Gasteiger partial charge in [-0.3, -0.25) is 14.5 Å². The van der Waals surface area contributed by atoms with Crippen molar-refractivity contribution in [1.29, 1.82) is 0 Å². The number of hydrogen-bond acceptors (Lipinski definition) is 5. The van der Waals surface area contributed by atoms with Gasteiger partial charge in [-0.25, -0.2) is 4.79 Å². The minimum atomic E-state index is -0.491. The van der Waals surface area contributed by atoms with Gasteiger partial charge in [-0.15, -0.1) is 0 Å². The second-order valence-electron chi connectivity index (χ2n) is 4.03. The van der Waals surface area contributed by atoms with Crippen LogP contribution in [0, 0.1) is 0 Å². The number of ether oxygens (including phenoxy) is 1. The van der Waals surface area contributed by atoms with Crippen molar-refractivity contribution in [2.24, 2.45) is 0 Å². The van der Waals surface area contributed by atoms with E-state index in [-0.39, 0.29) is 24.2 Å². The van der Waals surface area contributed by atoms with Crippen molar-refractivity contribution in [2.75, 3.05) is 20.7 Å². The monoisotopic (exact) mass is 254 g/mol. The molecule has 1 aliphatic rings. The van der Waals surface area contributed by atoms with Crippen LogP contribution in [0.25, 0.3) is 0 Å². The van der Waals surface area contributed by atoms with Crippen molar-refractivity contribution in [3.05, 3.63) is 11.6 Å². The van der Waals surface area contributed by atoms with Gasteiger partial charge in [-0.2, -0.15) is 0 Å². The number of esters is 1. The highest BCUT2D eigenvalue weighted by atomic mass is 16.5. The lowest BCUT2D eigenvalue weighted by Gasteiger charge is -2.09. The van der Waals surface area contributed by atoms with E-state index < -0.39 is 6.04 Å². The van der Waals surface area contributed by atoms with Crippen LogP contribution in [0.2, 0.25) is 0 Å². The van der Waals surface area contributed by atoms with Gasteiger partial charge in [-0.05, 0) is 6.42 Å². The third-order valence-electron chi connectivity index (χ3n) is 2.92. The fourth-order valence-electron chi connectivity index (χ4n) is 1.74. The molecule has 1 saturated heterocycles. The normalized spacial score (nSPS) is 20.5. The number of nitrogens with one attached hydrogen (secondary N) is 1. The standard InChI is InChI=1S/C12H18N2O4/c1-4-8(12(17)18-3)5-6-13-9-7-10(15)14(2)11(9)16/h5,9,13H,4,6-7H2,1-3H3. The molecule has 0 aromatic heterocycles. The van der Waals surface area contributed by atoms with Gasteiger partial charge >= 0.3 is 5.97 Å². The molecule has 1 heterocycles. The number of hydrogen-bond donors (Lipinski definition) is 1. The Morgan fingerprint density at radius 2 is 2.22 bits per heavy atom. The van der Waals surface area contributed by atoms with E-state index in [1.165, 1.54) is 14.2 Å². The van der Waals surface area contributed by atoms with E-state index in [0.717, 1.165) is 4.90 Å². The van der Waals surface area contributed by atoms with Crippen molar-refractivity contribution >= 4 is 17.8 Å². The molecular formula is C12H18N2O4. The predicted molar refractivity (Wildman–Crippen MR) is 64.6 cm³/mol. The first kappa shape index (κ1) is 14.4. The average molecular weight is 254 g/mol. The number of carbonyl (C=O) groups excluding carboxylic acids is 3. The van der Waals surface area contributed by atoms with Gasteiger partial charge in [0.1, 0.15) is 0 Å². The quantitative estimate of drug-likeness (QED) is 0.419. The Balaban J connectivity index is 2.51. The molecule has 0 saturated carbocycles. The number of amides is 2. The number of carbonyl (C=O) groups is 3. The van der Waals surface area contributed by atoms with Gasteiger partial charge in [0.15, 0.2) is 0 Å². The molecule has 0 spiro atoms. The van der Waals surface area contributed by atoms with E-state index in [9.17, 15) is 14.4 Å². The first-order valence-corrected chi connectivity index (χ1v) is 5.82. The number of likely N-dealkylation sites (N-methyl/N-ethyl adjacent to an activating group) is 1. The molecule has 0 bridgehead atoms. The molecule has 100 valence electrons. The van der Waals surface area contributed by atoms with Crippen LogP contribution in [0.1, 0.15) is 19.8 Å². The highest BCUT2D eigenvalue weighted by Crippen LogP contribution is 2.10. The third kappa shape index (κ3) is 3.16. The summed E-state index contributed by atoms with van der Waals surface area (Å²) in [4.78, 5) is 35.3. The Kier molecular flexibility index (Phi) is 5.03. The van der Waals surface area contributed by atoms with Gasteiger partial charge in [0.05, 0.1) is 19.6 Å². The maximum absolute atomic E-state index is 11.6. The topological polar surface area (TPSA) is 75.7 Å². The molecule has 1 aliphatic heterocycles. The Bertz CT molecular complexity index is 390. The number of rotatable bonds is 5. The largest absolute Gasteiger partial charge is 0.466 e. The number of nitrogens with zero attached hydrogens (tertiary/aromatic N) is 1. The zero-order valence-electron chi connectivity index (χ0n) is 10.9. The second-order valence-corrected chi connectivity index (χ2v) is 4.03. The molecule has 1 fully saturated rings. The lowest BCUT2D eigenvalue weighted by molar-refractivity contribution is -0.137. The molecule has 6 heteroatoms. The summed E-state index contributed by atoms with van der Waals surface area (Å²) in [7, 11) is 2.79. The molecule has 0 radical (unpaired) electrons. The molecule has 1 atom stereocenters. The van der Waals surface area contributed by atoms with Crippen LogP contribution in [0.15, 0.2) is 11.6 Å². The Morgan fingerprint density at radius 3 is 2.67 bits per heavy atom. The Labute approximate surface area is 106 Å². The number of methoxy groups -OCH3 is 1. The minimum Gasteiger partial charge on any atom is -0.466 e. The van der Waals surface area contributed by atoms with E-state index in [2.05, 4.69) is 10.1 Å². The summed E-state index contributed by atoms with van der Waals surface area (Å²) in [5.41, 5.74) is 0.551. The fourth-order valence-corrected chi connectivity index (χ4v) is 1.74. The van der Waals surface area contributed by atoms with Crippen molar-refractivity contribution in [1.82, 2.24) is 10.2 Å². The highest BCUT2D eigenvalue weighted by molar-refractivity contribution is 6.05. The average Bonchev–Trinajstić information content (AvgIpc) is 2.61. The van der Waals surface area contributed by atoms with Crippen LogP contribution in [0.3, 0.4) is 0 Å². The van der Waals surface area contributed by atoms with E-state index >= 15 is 0 Å². The first-order chi connectivity index (χ1) is 8.51. The van der Waals surface area contributed by atoms with Gasteiger partial charge in [-0.1, -0.05) is 13.0 Å². The molecule has 1 rings (SSSR count). The van der Waals surface area contributed by atoms with Crippen LogP contribution >= 0.6 is 0 Å². The maximum Gasteiger partial charge on any atom is 0.333 e. The molecule has 1 N–H and O–H groups in total. The van der Waals surface area contributed by atoms with E-state index in [1.807, 2.05) is 6.92 Å². The third-order valence-corrected chi connectivity index (χ3v) is 2.92. The summed E-state index contributed by atoms with van der Waals surface area (Å²) >= 11 is 0. The molecule has 1 unspecified atom stereocenters. The van der Waals surface area contributed by atoms with Crippen LogP contribution in [-0.4, -0.2) is 49.4 Å². The smallest absolute Gasteiger partial charge is 0.333 e. The predicted octanol–water partition coefficient (Wildman–Crippen LogP) is -0.157. The van der Waals surface area contributed by atoms with Gasteiger partial charge in [0, 0.05) is 19.2 Å². The van der Waals surface area contributed by atoms with Gasteiger partial charge in [0.25, 0.3) is 0 Å². The molecule has 2 amide bonds. The van der Waals surface area contributed by atoms with Crippen molar-refractivity contribution in [3.8, 4) is 0 Å².